The summed E-state index contributed by atoms with van der Waals surface area (Å²) in [5.74, 6) is 1.36. The molecule has 2 heterocycles. The maximum Gasteiger partial charge on any atom is 0.319 e. The number of pyridine rings is 2. The lowest BCUT2D eigenvalue weighted by atomic mass is 10.1. The molecule has 0 fully saturated rings. The van der Waals surface area contributed by atoms with Crippen molar-refractivity contribution in [3.63, 3.8) is 0 Å². The highest BCUT2D eigenvalue weighted by Crippen LogP contribution is 2.39. The highest BCUT2D eigenvalue weighted by atomic mass is 16.5. The summed E-state index contributed by atoms with van der Waals surface area (Å²) in [4.78, 5) is 21.0. The number of amides is 2. The molecule has 0 bridgehead atoms. The van der Waals surface area contributed by atoms with Gasteiger partial charge in [0, 0.05) is 42.8 Å². The molecule has 150 valence electrons. The van der Waals surface area contributed by atoms with Crippen LogP contribution in [0.1, 0.15) is 5.56 Å². The zero-order valence-corrected chi connectivity index (χ0v) is 16.4. The SMILES string of the molecule is COc1cc(NC(=O)NCc2cccnc2-c2cccnc2)cc(OC)c1OC. The molecular weight excluding hydrogens is 372 g/mol. The Bertz CT molecular complexity index is 954. The van der Waals surface area contributed by atoms with Gasteiger partial charge in [-0.1, -0.05) is 6.07 Å². The van der Waals surface area contributed by atoms with Gasteiger partial charge in [0.15, 0.2) is 11.5 Å². The second-order valence-corrected chi connectivity index (χ2v) is 5.97. The molecule has 8 nitrogen and oxygen atoms in total. The molecule has 8 heteroatoms. The molecule has 0 radical (unpaired) electrons. The summed E-state index contributed by atoms with van der Waals surface area (Å²) in [6.45, 7) is 0.300. The molecule has 0 saturated carbocycles. The van der Waals surface area contributed by atoms with E-state index >= 15 is 0 Å². The Morgan fingerprint density at radius 3 is 2.34 bits per heavy atom. The van der Waals surface area contributed by atoms with E-state index in [0.29, 0.717) is 29.5 Å². The zero-order valence-electron chi connectivity index (χ0n) is 16.4. The summed E-state index contributed by atoms with van der Waals surface area (Å²) in [6, 6.07) is 10.5. The average molecular weight is 394 g/mol. The van der Waals surface area contributed by atoms with E-state index in [2.05, 4.69) is 20.6 Å². The van der Waals surface area contributed by atoms with Gasteiger partial charge in [-0.3, -0.25) is 9.97 Å². The number of nitrogens with zero attached hydrogens (tertiary/aromatic N) is 2. The lowest BCUT2D eigenvalue weighted by molar-refractivity contribution is 0.251. The molecule has 0 saturated heterocycles. The Kier molecular flexibility index (Phi) is 6.47. The van der Waals surface area contributed by atoms with E-state index in [1.807, 2.05) is 24.3 Å². The van der Waals surface area contributed by atoms with E-state index in [1.54, 1.807) is 30.7 Å². The van der Waals surface area contributed by atoms with Crippen LogP contribution in [0.15, 0.2) is 55.0 Å². The third-order valence-corrected chi connectivity index (χ3v) is 4.19. The first-order chi connectivity index (χ1) is 14.2. The molecule has 2 amide bonds. The fourth-order valence-electron chi connectivity index (χ4n) is 2.85. The maximum atomic E-state index is 12.4. The molecule has 29 heavy (non-hydrogen) atoms. The van der Waals surface area contributed by atoms with Crippen LogP contribution >= 0.6 is 0 Å². The van der Waals surface area contributed by atoms with E-state index in [4.69, 9.17) is 14.2 Å². The lowest BCUT2D eigenvalue weighted by Crippen LogP contribution is -2.28. The van der Waals surface area contributed by atoms with Gasteiger partial charge in [0.25, 0.3) is 0 Å². The monoisotopic (exact) mass is 394 g/mol. The van der Waals surface area contributed by atoms with Gasteiger partial charge in [-0.2, -0.15) is 0 Å². The van der Waals surface area contributed by atoms with Crippen molar-refractivity contribution in [2.24, 2.45) is 0 Å². The molecule has 3 aromatic rings. The molecule has 0 unspecified atom stereocenters. The van der Waals surface area contributed by atoms with Gasteiger partial charge in [0.1, 0.15) is 0 Å². The number of carbonyl (C=O) groups excluding carboxylic acids is 1. The predicted molar refractivity (Wildman–Crippen MR) is 109 cm³/mol. The smallest absolute Gasteiger partial charge is 0.319 e. The van der Waals surface area contributed by atoms with Gasteiger partial charge in [-0.15, -0.1) is 0 Å². The van der Waals surface area contributed by atoms with Crippen LogP contribution in [-0.4, -0.2) is 37.3 Å². The number of hydrogen-bond acceptors (Lipinski definition) is 6. The Hall–Kier alpha value is -3.81. The van der Waals surface area contributed by atoms with Crippen LogP contribution in [-0.2, 0) is 6.54 Å². The van der Waals surface area contributed by atoms with Gasteiger partial charge in [0.05, 0.1) is 32.7 Å². The quantitative estimate of drug-likeness (QED) is 0.637. The fraction of sp³-hybridized carbons (Fsp3) is 0.190. The van der Waals surface area contributed by atoms with Crippen LogP contribution in [0.3, 0.4) is 0 Å². The van der Waals surface area contributed by atoms with Crippen LogP contribution in [0.2, 0.25) is 0 Å². The molecule has 0 aliphatic carbocycles. The van der Waals surface area contributed by atoms with Crippen molar-refractivity contribution in [1.82, 2.24) is 15.3 Å². The molecule has 2 N–H and O–H groups in total. The largest absolute Gasteiger partial charge is 0.493 e. The summed E-state index contributed by atoms with van der Waals surface area (Å²) >= 11 is 0. The Morgan fingerprint density at radius 1 is 1.00 bits per heavy atom. The molecule has 0 aliphatic heterocycles. The number of anilines is 1. The second kappa shape index (κ2) is 9.41. The van der Waals surface area contributed by atoms with E-state index in [-0.39, 0.29) is 6.03 Å². The van der Waals surface area contributed by atoms with Crippen LogP contribution < -0.4 is 24.8 Å². The van der Waals surface area contributed by atoms with Crippen molar-refractivity contribution in [3.8, 4) is 28.5 Å². The Morgan fingerprint density at radius 2 is 1.72 bits per heavy atom. The first-order valence-electron chi connectivity index (χ1n) is 8.85. The Labute approximate surface area is 168 Å². The highest BCUT2D eigenvalue weighted by molar-refractivity contribution is 5.90. The summed E-state index contributed by atoms with van der Waals surface area (Å²) in [6.07, 6.45) is 5.15. The van der Waals surface area contributed by atoms with Crippen molar-refractivity contribution in [3.05, 3.63) is 60.6 Å². The fourth-order valence-corrected chi connectivity index (χ4v) is 2.85. The minimum absolute atomic E-state index is 0.300. The molecule has 0 aliphatic rings. The van der Waals surface area contributed by atoms with Crippen molar-refractivity contribution < 1.29 is 19.0 Å². The van der Waals surface area contributed by atoms with E-state index < -0.39 is 0 Å². The minimum atomic E-state index is -0.375. The summed E-state index contributed by atoms with van der Waals surface area (Å²) in [5.41, 5.74) is 3.04. The third-order valence-electron chi connectivity index (χ3n) is 4.19. The number of carbonyl (C=O) groups is 1. The van der Waals surface area contributed by atoms with Crippen molar-refractivity contribution in [2.75, 3.05) is 26.6 Å². The first-order valence-corrected chi connectivity index (χ1v) is 8.85. The summed E-state index contributed by atoms with van der Waals surface area (Å²) in [5, 5.41) is 5.61. The van der Waals surface area contributed by atoms with Gasteiger partial charge in [-0.05, 0) is 23.8 Å². The zero-order chi connectivity index (χ0) is 20.6. The van der Waals surface area contributed by atoms with Crippen molar-refractivity contribution in [2.45, 2.75) is 6.54 Å². The highest BCUT2D eigenvalue weighted by Gasteiger charge is 2.15. The van der Waals surface area contributed by atoms with Gasteiger partial charge >= 0.3 is 6.03 Å². The number of nitrogens with one attached hydrogen (secondary N) is 2. The minimum Gasteiger partial charge on any atom is -0.493 e. The number of methoxy groups -OCH3 is 3. The maximum absolute atomic E-state index is 12.4. The molecule has 0 spiro atoms. The number of rotatable bonds is 7. The number of benzene rings is 1. The van der Waals surface area contributed by atoms with Crippen LogP contribution in [0.25, 0.3) is 11.3 Å². The standard InChI is InChI=1S/C21H22N4O4/c1-27-17-10-16(11-18(28-2)20(17)29-3)25-21(26)24-13-15-7-5-9-23-19(15)14-6-4-8-22-12-14/h4-12H,13H2,1-3H3,(H2,24,25,26). The summed E-state index contributed by atoms with van der Waals surface area (Å²) in [7, 11) is 4.56. The number of ether oxygens (including phenoxy) is 3. The van der Waals surface area contributed by atoms with Gasteiger partial charge < -0.3 is 24.8 Å². The predicted octanol–water partition coefficient (Wildman–Crippen LogP) is 3.49. The second-order valence-electron chi connectivity index (χ2n) is 5.97. The first kappa shape index (κ1) is 19.9. The third kappa shape index (κ3) is 4.73. The topological polar surface area (TPSA) is 94.6 Å². The molecule has 1 aromatic carbocycles. The molecule has 0 atom stereocenters. The number of hydrogen-bond donors (Lipinski definition) is 2. The van der Waals surface area contributed by atoms with Crippen LogP contribution in [0.4, 0.5) is 10.5 Å². The molecule has 3 rings (SSSR count). The van der Waals surface area contributed by atoms with Gasteiger partial charge in [0.2, 0.25) is 5.75 Å². The number of aromatic nitrogens is 2. The Balaban J connectivity index is 1.72. The average Bonchev–Trinajstić information content (AvgIpc) is 2.77. The normalized spacial score (nSPS) is 10.2. The van der Waals surface area contributed by atoms with E-state index in [1.165, 1.54) is 21.3 Å². The van der Waals surface area contributed by atoms with Gasteiger partial charge in [-0.25, -0.2) is 4.79 Å². The van der Waals surface area contributed by atoms with Crippen LogP contribution in [0.5, 0.6) is 17.2 Å². The molecular formula is C21H22N4O4. The van der Waals surface area contributed by atoms with Crippen LogP contribution in [0, 0.1) is 0 Å². The van der Waals surface area contributed by atoms with Crippen molar-refractivity contribution in [1.29, 1.82) is 0 Å². The summed E-state index contributed by atoms with van der Waals surface area (Å²) < 4.78 is 15.9. The number of urea groups is 1. The van der Waals surface area contributed by atoms with E-state index in [9.17, 15) is 4.79 Å². The lowest BCUT2D eigenvalue weighted by Gasteiger charge is -2.15. The van der Waals surface area contributed by atoms with E-state index in [0.717, 1.165) is 16.8 Å². The van der Waals surface area contributed by atoms with Crippen molar-refractivity contribution >= 4 is 11.7 Å². The molecule has 2 aromatic heterocycles.